The van der Waals surface area contributed by atoms with Crippen LogP contribution < -0.4 is 5.73 Å². The molecule has 0 aliphatic carbocycles. The number of nitrogens with two attached hydrogens (primary N) is 1. The van der Waals surface area contributed by atoms with E-state index in [1.54, 1.807) is 16.4 Å². The molecule has 4 heteroatoms. The molecular formula is C7H13N3S. The lowest BCUT2D eigenvalue weighted by Gasteiger charge is -1.93. The van der Waals surface area contributed by atoms with E-state index in [-0.39, 0.29) is 0 Å². The number of rotatable bonds is 3. The third kappa shape index (κ3) is 2.15. The molecule has 0 atom stereocenters. The van der Waals surface area contributed by atoms with Gasteiger partial charge >= 0.3 is 0 Å². The maximum atomic E-state index is 5.68. The van der Waals surface area contributed by atoms with Crippen LogP contribution in [0.25, 0.3) is 0 Å². The lowest BCUT2D eigenvalue weighted by Crippen LogP contribution is -1.87. The topological polar surface area (TPSA) is 43.8 Å². The number of nitrogen functional groups attached to an aromatic ring is 1. The Morgan fingerprint density at radius 2 is 2.45 bits per heavy atom. The standard InChI is InChI=1S/C7H13N3S/c1-3-4-11-7-6(8)5-10(2)9-7/h5H,3-4,8H2,1-2H3. The zero-order chi connectivity index (χ0) is 8.27. The van der Waals surface area contributed by atoms with Crippen molar-refractivity contribution < 1.29 is 0 Å². The molecule has 0 saturated heterocycles. The van der Waals surface area contributed by atoms with Gasteiger partial charge in [-0.3, -0.25) is 4.68 Å². The molecule has 0 fully saturated rings. The van der Waals surface area contributed by atoms with Crippen molar-refractivity contribution >= 4 is 17.4 Å². The lowest BCUT2D eigenvalue weighted by atomic mass is 10.6. The van der Waals surface area contributed by atoms with Crippen LogP contribution in [0.3, 0.4) is 0 Å². The highest BCUT2D eigenvalue weighted by molar-refractivity contribution is 7.99. The first-order chi connectivity index (χ1) is 5.24. The minimum absolute atomic E-state index is 0.783. The van der Waals surface area contributed by atoms with Crippen molar-refractivity contribution in [3.8, 4) is 0 Å². The zero-order valence-corrected chi connectivity index (χ0v) is 7.69. The number of aromatic nitrogens is 2. The maximum Gasteiger partial charge on any atom is 0.141 e. The van der Waals surface area contributed by atoms with Crippen LogP contribution in [0.5, 0.6) is 0 Å². The van der Waals surface area contributed by atoms with Crippen LogP contribution in [0.2, 0.25) is 0 Å². The molecule has 1 aromatic rings. The fraction of sp³-hybridized carbons (Fsp3) is 0.571. The van der Waals surface area contributed by atoms with E-state index < -0.39 is 0 Å². The molecule has 1 heterocycles. The predicted molar refractivity (Wildman–Crippen MR) is 48.6 cm³/mol. The second-order valence-electron chi connectivity index (χ2n) is 2.41. The minimum Gasteiger partial charge on any atom is -0.395 e. The fourth-order valence-electron chi connectivity index (χ4n) is 0.797. The van der Waals surface area contributed by atoms with E-state index in [2.05, 4.69) is 12.0 Å². The van der Waals surface area contributed by atoms with Crippen molar-refractivity contribution in [3.63, 3.8) is 0 Å². The molecule has 0 aliphatic heterocycles. The molecule has 0 aromatic carbocycles. The third-order valence-electron chi connectivity index (χ3n) is 1.26. The van der Waals surface area contributed by atoms with Gasteiger partial charge in [0.25, 0.3) is 0 Å². The Labute approximate surface area is 71.0 Å². The summed E-state index contributed by atoms with van der Waals surface area (Å²) in [4.78, 5) is 0. The van der Waals surface area contributed by atoms with E-state index in [0.29, 0.717) is 0 Å². The Hall–Kier alpha value is -0.640. The summed E-state index contributed by atoms with van der Waals surface area (Å²) in [6, 6.07) is 0. The van der Waals surface area contributed by atoms with Gasteiger partial charge in [0.15, 0.2) is 0 Å². The van der Waals surface area contributed by atoms with E-state index in [0.717, 1.165) is 22.9 Å². The fourth-order valence-corrected chi connectivity index (χ4v) is 1.60. The molecule has 0 radical (unpaired) electrons. The van der Waals surface area contributed by atoms with Gasteiger partial charge in [0.1, 0.15) is 5.03 Å². The molecular weight excluding hydrogens is 158 g/mol. The van der Waals surface area contributed by atoms with Crippen LogP contribution >= 0.6 is 11.8 Å². The zero-order valence-electron chi connectivity index (χ0n) is 6.87. The van der Waals surface area contributed by atoms with Gasteiger partial charge in [0.2, 0.25) is 0 Å². The quantitative estimate of drug-likeness (QED) is 0.701. The van der Waals surface area contributed by atoms with Crippen molar-refractivity contribution in [2.75, 3.05) is 11.5 Å². The highest BCUT2D eigenvalue weighted by atomic mass is 32.2. The Bertz CT molecular complexity index is 232. The summed E-state index contributed by atoms with van der Waals surface area (Å²) in [6.07, 6.45) is 2.98. The van der Waals surface area contributed by atoms with Crippen molar-refractivity contribution in [2.24, 2.45) is 7.05 Å². The van der Waals surface area contributed by atoms with Crippen LogP contribution in [0.4, 0.5) is 5.69 Å². The summed E-state index contributed by atoms with van der Waals surface area (Å²) in [6.45, 7) is 2.14. The van der Waals surface area contributed by atoms with Gasteiger partial charge in [-0.1, -0.05) is 6.92 Å². The normalized spacial score (nSPS) is 10.4. The average molecular weight is 171 g/mol. The van der Waals surface area contributed by atoms with E-state index in [9.17, 15) is 0 Å². The molecule has 0 unspecified atom stereocenters. The summed E-state index contributed by atoms with van der Waals surface area (Å²) < 4.78 is 1.74. The highest BCUT2D eigenvalue weighted by Crippen LogP contribution is 2.22. The SMILES string of the molecule is CCCSc1nn(C)cc1N. The molecule has 0 bridgehead atoms. The monoisotopic (exact) mass is 171 g/mol. The first-order valence-electron chi connectivity index (χ1n) is 3.66. The second kappa shape index (κ2) is 3.67. The number of anilines is 1. The van der Waals surface area contributed by atoms with Gasteiger partial charge in [-0.2, -0.15) is 5.10 Å². The molecule has 2 N–H and O–H groups in total. The van der Waals surface area contributed by atoms with E-state index >= 15 is 0 Å². The molecule has 62 valence electrons. The maximum absolute atomic E-state index is 5.68. The smallest absolute Gasteiger partial charge is 0.141 e. The van der Waals surface area contributed by atoms with E-state index in [1.165, 1.54) is 0 Å². The molecule has 0 amide bonds. The van der Waals surface area contributed by atoms with Gasteiger partial charge in [-0.05, 0) is 12.2 Å². The molecule has 0 saturated carbocycles. The van der Waals surface area contributed by atoms with Crippen LogP contribution in [0, 0.1) is 0 Å². The minimum atomic E-state index is 0.783. The first-order valence-corrected chi connectivity index (χ1v) is 4.64. The van der Waals surface area contributed by atoms with Gasteiger partial charge in [-0.25, -0.2) is 0 Å². The number of hydrogen-bond donors (Lipinski definition) is 1. The molecule has 0 aliphatic rings. The van der Waals surface area contributed by atoms with E-state index in [1.807, 2.05) is 13.2 Å². The van der Waals surface area contributed by atoms with Crippen molar-refractivity contribution in [1.29, 1.82) is 0 Å². The average Bonchev–Trinajstić information content (AvgIpc) is 2.26. The van der Waals surface area contributed by atoms with Crippen molar-refractivity contribution in [2.45, 2.75) is 18.4 Å². The summed E-state index contributed by atoms with van der Waals surface area (Å²) >= 11 is 1.71. The predicted octanol–water partition coefficient (Wildman–Crippen LogP) is 1.50. The number of hydrogen-bond acceptors (Lipinski definition) is 3. The second-order valence-corrected chi connectivity index (χ2v) is 3.50. The summed E-state index contributed by atoms with van der Waals surface area (Å²) in [5.74, 6) is 1.08. The highest BCUT2D eigenvalue weighted by Gasteiger charge is 2.02. The molecule has 1 rings (SSSR count). The summed E-state index contributed by atoms with van der Waals surface area (Å²) in [5, 5.41) is 5.16. The summed E-state index contributed by atoms with van der Waals surface area (Å²) in [5.41, 5.74) is 6.46. The molecule has 3 nitrogen and oxygen atoms in total. The summed E-state index contributed by atoms with van der Waals surface area (Å²) in [7, 11) is 1.88. The Kier molecular flexibility index (Phi) is 2.82. The number of aryl methyl sites for hydroxylation is 1. The van der Waals surface area contributed by atoms with Crippen LogP contribution in [-0.2, 0) is 7.05 Å². The van der Waals surface area contributed by atoms with Gasteiger partial charge < -0.3 is 5.73 Å². The van der Waals surface area contributed by atoms with Gasteiger partial charge in [0.05, 0.1) is 5.69 Å². The molecule has 1 aromatic heterocycles. The lowest BCUT2D eigenvalue weighted by molar-refractivity contribution is 0.738. The first kappa shape index (κ1) is 8.46. The van der Waals surface area contributed by atoms with Crippen LogP contribution in [0.1, 0.15) is 13.3 Å². The largest absolute Gasteiger partial charge is 0.395 e. The molecule has 11 heavy (non-hydrogen) atoms. The Morgan fingerprint density at radius 3 is 2.91 bits per heavy atom. The van der Waals surface area contributed by atoms with E-state index in [4.69, 9.17) is 5.73 Å². The van der Waals surface area contributed by atoms with Gasteiger partial charge in [-0.15, -0.1) is 11.8 Å². The molecule has 0 spiro atoms. The number of nitrogens with zero attached hydrogens (tertiary/aromatic N) is 2. The third-order valence-corrected chi connectivity index (χ3v) is 2.47. The van der Waals surface area contributed by atoms with Crippen molar-refractivity contribution in [1.82, 2.24) is 9.78 Å². The van der Waals surface area contributed by atoms with Gasteiger partial charge in [0, 0.05) is 13.2 Å². The van der Waals surface area contributed by atoms with Crippen LogP contribution in [-0.4, -0.2) is 15.5 Å². The Balaban J connectivity index is 2.62. The van der Waals surface area contributed by atoms with Crippen LogP contribution in [0.15, 0.2) is 11.2 Å². The Morgan fingerprint density at radius 1 is 1.73 bits per heavy atom. The van der Waals surface area contributed by atoms with Crippen molar-refractivity contribution in [3.05, 3.63) is 6.20 Å². The number of thioether (sulfide) groups is 1.